The Labute approximate surface area is 142 Å². The lowest BCUT2D eigenvalue weighted by atomic mass is 10.1. The average molecular weight is 325 g/mol. The van der Waals surface area contributed by atoms with E-state index in [0.29, 0.717) is 6.42 Å². The molecule has 1 aliphatic heterocycles. The first-order valence-corrected chi connectivity index (χ1v) is 8.24. The van der Waals surface area contributed by atoms with Crippen molar-refractivity contribution >= 4 is 11.6 Å². The maximum atomic E-state index is 12.5. The van der Waals surface area contributed by atoms with Crippen LogP contribution < -0.4 is 9.64 Å². The van der Waals surface area contributed by atoms with Crippen molar-refractivity contribution in [2.75, 3.05) is 38.2 Å². The predicted molar refractivity (Wildman–Crippen MR) is 94.5 cm³/mol. The van der Waals surface area contributed by atoms with Crippen LogP contribution in [0.4, 0.5) is 5.69 Å². The van der Waals surface area contributed by atoms with Gasteiger partial charge >= 0.3 is 0 Å². The number of aromatic nitrogens is 1. The number of carbonyl (C=O) groups excluding carboxylic acids is 1. The lowest BCUT2D eigenvalue weighted by molar-refractivity contribution is -0.130. The van der Waals surface area contributed by atoms with Crippen molar-refractivity contribution in [2.24, 2.45) is 0 Å². The van der Waals surface area contributed by atoms with Crippen LogP contribution >= 0.6 is 0 Å². The highest BCUT2D eigenvalue weighted by molar-refractivity contribution is 5.79. The first-order chi connectivity index (χ1) is 11.7. The van der Waals surface area contributed by atoms with Crippen LogP contribution in [-0.4, -0.2) is 49.1 Å². The van der Waals surface area contributed by atoms with E-state index in [1.807, 2.05) is 42.2 Å². The highest BCUT2D eigenvalue weighted by Crippen LogP contribution is 2.22. The summed E-state index contributed by atoms with van der Waals surface area (Å²) in [5.41, 5.74) is 3.09. The zero-order valence-corrected chi connectivity index (χ0v) is 14.2. The van der Waals surface area contributed by atoms with E-state index in [2.05, 4.69) is 16.0 Å². The SMILES string of the molecule is COc1cccc(N2CCN(C(=O)Cc3ccc(C)nc3)CC2)c1. The summed E-state index contributed by atoms with van der Waals surface area (Å²) < 4.78 is 5.28. The summed E-state index contributed by atoms with van der Waals surface area (Å²) in [5, 5.41) is 0. The van der Waals surface area contributed by atoms with Gasteiger partial charge in [0.2, 0.25) is 5.91 Å². The molecule has 0 bridgehead atoms. The quantitative estimate of drug-likeness (QED) is 0.865. The third-order valence-corrected chi connectivity index (χ3v) is 4.38. The number of rotatable bonds is 4. The minimum absolute atomic E-state index is 0.172. The summed E-state index contributed by atoms with van der Waals surface area (Å²) in [5.74, 6) is 1.03. The molecule has 0 saturated carbocycles. The van der Waals surface area contributed by atoms with Crippen LogP contribution in [0.25, 0.3) is 0 Å². The number of hydrogen-bond acceptors (Lipinski definition) is 4. The van der Waals surface area contributed by atoms with E-state index in [9.17, 15) is 4.79 Å². The van der Waals surface area contributed by atoms with Gasteiger partial charge in [0.15, 0.2) is 0 Å². The van der Waals surface area contributed by atoms with Gasteiger partial charge in [-0.15, -0.1) is 0 Å². The highest BCUT2D eigenvalue weighted by Gasteiger charge is 2.21. The molecule has 0 atom stereocenters. The Morgan fingerprint density at radius 2 is 1.96 bits per heavy atom. The topological polar surface area (TPSA) is 45.7 Å². The van der Waals surface area contributed by atoms with Crippen molar-refractivity contribution in [3.05, 3.63) is 53.9 Å². The number of pyridine rings is 1. The molecule has 5 nitrogen and oxygen atoms in total. The molecule has 126 valence electrons. The molecule has 1 saturated heterocycles. The second-order valence-corrected chi connectivity index (χ2v) is 6.05. The van der Waals surface area contributed by atoms with Gasteiger partial charge in [0.05, 0.1) is 13.5 Å². The number of anilines is 1. The minimum Gasteiger partial charge on any atom is -0.497 e. The summed E-state index contributed by atoms with van der Waals surface area (Å²) in [4.78, 5) is 20.9. The van der Waals surface area contributed by atoms with Gasteiger partial charge in [0.25, 0.3) is 0 Å². The van der Waals surface area contributed by atoms with Gasteiger partial charge in [-0.25, -0.2) is 0 Å². The number of nitrogens with zero attached hydrogens (tertiary/aromatic N) is 3. The van der Waals surface area contributed by atoms with Crippen LogP contribution in [0.5, 0.6) is 5.75 Å². The fourth-order valence-electron chi connectivity index (χ4n) is 2.91. The van der Waals surface area contributed by atoms with Crippen molar-refractivity contribution in [3.8, 4) is 5.75 Å². The van der Waals surface area contributed by atoms with Gasteiger partial charge in [0.1, 0.15) is 5.75 Å². The Morgan fingerprint density at radius 3 is 2.62 bits per heavy atom. The van der Waals surface area contributed by atoms with Gasteiger partial charge < -0.3 is 14.5 Å². The second kappa shape index (κ2) is 7.34. The Balaban J connectivity index is 1.56. The zero-order chi connectivity index (χ0) is 16.9. The van der Waals surface area contributed by atoms with Gasteiger partial charge in [0, 0.05) is 49.8 Å². The molecule has 1 aromatic carbocycles. The number of hydrogen-bond donors (Lipinski definition) is 0. The summed E-state index contributed by atoms with van der Waals surface area (Å²) in [6, 6.07) is 12.0. The smallest absolute Gasteiger partial charge is 0.227 e. The molecule has 3 rings (SSSR count). The van der Waals surface area contributed by atoms with Crippen LogP contribution in [-0.2, 0) is 11.2 Å². The van der Waals surface area contributed by atoms with E-state index < -0.39 is 0 Å². The van der Waals surface area contributed by atoms with Gasteiger partial charge in [-0.1, -0.05) is 12.1 Å². The number of aryl methyl sites for hydroxylation is 1. The van der Waals surface area contributed by atoms with Gasteiger partial charge in [-0.2, -0.15) is 0 Å². The fourth-order valence-corrected chi connectivity index (χ4v) is 2.91. The summed E-state index contributed by atoms with van der Waals surface area (Å²) in [6.45, 7) is 5.12. The molecule has 0 spiro atoms. The maximum absolute atomic E-state index is 12.5. The highest BCUT2D eigenvalue weighted by atomic mass is 16.5. The zero-order valence-electron chi connectivity index (χ0n) is 14.2. The number of carbonyl (C=O) groups is 1. The number of amides is 1. The fraction of sp³-hybridized carbons (Fsp3) is 0.368. The molecule has 1 aliphatic rings. The molecule has 2 heterocycles. The van der Waals surface area contributed by atoms with Crippen LogP contribution in [0, 0.1) is 6.92 Å². The van der Waals surface area contributed by atoms with Crippen molar-refractivity contribution in [2.45, 2.75) is 13.3 Å². The molecule has 1 aromatic heterocycles. The van der Waals surface area contributed by atoms with Crippen LogP contribution in [0.2, 0.25) is 0 Å². The van der Waals surface area contributed by atoms with E-state index in [0.717, 1.165) is 48.9 Å². The molecule has 1 amide bonds. The predicted octanol–water partition coefficient (Wildman–Crippen LogP) is 2.29. The maximum Gasteiger partial charge on any atom is 0.227 e. The molecule has 0 radical (unpaired) electrons. The lowest BCUT2D eigenvalue weighted by Crippen LogP contribution is -2.49. The average Bonchev–Trinajstić information content (AvgIpc) is 2.64. The Kier molecular flexibility index (Phi) is 4.99. The summed E-state index contributed by atoms with van der Waals surface area (Å²) >= 11 is 0. The molecule has 5 heteroatoms. The Hall–Kier alpha value is -2.56. The normalized spacial score (nSPS) is 14.6. The van der Waals surface area contributed by atoms with Crippen molar-refractivity contribution < 1.29 is 9.53 Å². The molecule has 0 aliphatic carbocycles. The number of benzene rings is 1. The van der Waals surface area contributed by atoms with E-state index in [1.165, 1.54) is 0 Å². The minimum atomic E-state index is 0.172. The first-order valence-electron chi connectivity index (χ1n) is 8.24. The molecule has 24 heavy (non-hydrogen) atoms. The molecular formula is C19H23N3O2. The van der Waals surface area contributed by atoms with E-state index >= 15 is 0 Å². The first kappa shape index (κ1) is 16.3. The number of ether oxygens (including phenoxy) is 1. The molecule has 0 N–H and O–H groups in total. The monoisotopic (exact) mass is 325 g/mol. The lowest BCUT2D eigenvalue weighted by Gasteiger charge is -2.36. The third kappa shape index (κ3) is 3.85. The van der Waals surface area contributed by atoms with Crippen molar-refractivity contribution in [1.82, 2.24) is 9.88 Å². The summed E-state index contributed by atoms with van der Waals surface area (Å²) in [6.07, 6.45) is 2.21. The van der Waals surface area contributed by atoms with Crippen LogP contribution in [0.15, 0.2) is 42.6 Å². The van der Waals surface area contributed by atoms with Crippen molar-refractivity contribution in [3.63, 3.8) is 0 Å². The van der Waals surface area contributed by atoms with Gasteiger partial charge in [-0.05, 0) is 30.7 Å². The van der Waals surface area contributed by atoms with Gasteiger partial charge in [-0.3, -0.25) is 9.78 Å². The third-order valence-electron chi connectivity index (χ3n) is 4.38. The number of piperazine rings is 1. The Bertz CT molecular complexity index is 692. The largest absolute Gasteiger partial charge is 0.497 e. The number of methoxy groups -OCH3 is 1. The van der Waals surface area contributed by atoms with E-state index in [4.69, 9.17) is 4.74 Å². The van der Waals surface area contributed by atoms with Crippen molar-refractivity contribution in [1.29, 1.82) is 0 Å². The standard InChI is InChI=1S/C19H23N3O2/c1-15-6-7-16(14-20-15)12-19(23)22-10-8-21(9-11-22)17-4-3-5-18(13-17)24-2/h3-7,13-14H,8-12H2,1-2H3. The summed E-state index contributed by atoms with van der Waals surface area (Å²) in [7, 11) is 1.68. The molecule has 1 fully saturated rings. The van der Waals surface area contributed by atoms with Crippen LogP contribution in [0.1, 0.15) is 11.3 Å². The second-order valence-electron chi connectivity index (χ2n) is 6.05. The molecule has 0 unspecified atom stereocenters. The van der Waals surface area contributed by atoms with Crippen LogP contribution in [0.3, 0.4) is 0 Å². The van der Waals surface area contributed by atoms with E-state index in [-0.39, 0.29) is 5.91 Å². The molecular weight excluding hydrogens is 302 g/mol. The van der Waals surface area contributed by atoms with E-state index in [1.54, 1.807) is 13.3 Å². The Morgan fingerprint density at radius 1 is 1.17 bits per heavy atom. The molecule has 2 aromatic rings.